The van der Waals surface area contributed by atoms with Crippen molar-refractivity contribution in [1.82, 2.24) is 10.3 Å². The van der Waals surface area contributed by atoms with Crippen LogP contribution in [0.1, 0.15) is 23.7 Å². The summed E-state index contributed by atoms with van der Waals surface area (Å²) in [6.45, 7) is 4.54. The van der Waals surface area contributed by atoms with Crippen LogP contribution in [0.15, 0.2) is 6.20 Å². The van der Waals surface area contributed by atoms with Gasteiger partial charge in [-0.1, -0.05) is 13.8 Å². The first-order valence-corrected chi connectivity index (χ1v) is 5.42. The van der Waals surface area contributed by atoms with E-state index in [0.29, 0.717) is 12.6 Å². The molecule has 1 heterocycles. The Morgan fingerprint density at radius 3 is 2.67 bits per heavy atom. The zero-order valence-corrected chi connectivity index (χ0v) is 9.37. The first-order valence-electron chi connectivity index (χ1n) is 4.60. The molecule has 0 radical (unpaired) electrons. The van der Waals surface area contributed by atoms with Gasteiger partial charge in [0.05, 0.1) is 6.42 Å². The summed E-state index contributed by atoms with van der Waals surface area (Å²) in [5.74, 6) is 0. The Balaban J connectivity index is 2.49. The first kappa shape index (κ1) is 12.4. The molecule has 0 saturated carbocycles. The summed E-state index contributed by atoms with van der Waals surface area (Å²) in [5.41, 5.74) is 0. The number of nitrogens with zero attached hydrogens (tertiary/aromatic N) is 1. The molecule has 6 heteroatoms. The van der Waals surface area contributed by atoms with Crippen molar-refractivity contribution in [3.05, 3.63) is 16.1 Å². The van der Waals surface area contributed by atoms with Crippen molar-refractivity contribution >= 4 is 11.3 Å². The Morgan fingerprint density at radius 1 is 1.47 bits per heavy atom. The number of thiazole rings is 1. The van der Waals surface area contributed by atoms with Crippen LogP contribution in [0.5, 0.6) is 0 Å². The standard InChI is InChI=1S/C9H13F3N2S/c1-6(2)13-4-7-5-14-8(15-7)3-9(10,11)12/h5-6,13H,3-4H2,1-2H3. The summed E-state index contributed by atoms with van der Waals surface area (Å²) in [4.78, 5) is 4.57. The van der Waals surface area contributed by atoms with Gasteiger partial charge in [0.15, 0.2) is 0 Å². The van der Waals surface area contributed by atoms with Crippen molar-refractivity contribution in [2.24, 2.45) is 0 Å². The highest BCUT2D eigenvalue weighted by atomic mass is 32.1. The summed E-state index contributed by atoms with van der Waals surface area (Å²) in [5, 5.41) is 3.25. The van der Waals surface area contributed by atoms with Gasteiger partial charge in [0, 0.05) is 23.7 Å². The molecule has 0 amide bonds. The maximum absolute atomic E-state index is 12.0. The third kappa shape index (κ3) is 5.13. The van der Waals surface area contributed by atoms with E-state index >= 15 is 0 Å². The van der Waals surface area contributed by atoms with E-state index in [1.807, 2.05) is 13.8 Å². The molecule has 1 rings (SSSR count). The molecule has 0 aromatic carbocycles. The minimum Gasteiger partial charge on any atom is -0.310 e. The van der Waals surface area contributed by atoms with Crippen molar-refractivity contribution in [2.45, 2.75) is 39.0 Å². The zero-order valence-electron chi connectivity index (χ0n) is 8.56. The molecular weight excluding hydrogens is 225 g/mol. The fourth-order valence-corrected chi connectivity index (χ4v) is 1.89. The number of aromatic nitrogens is 1. The Bertz CT molecular complexity index is 307. The van der Waals surface area contributed by atoms with Gasteiger partial charge in [-0.15, -0.1) is 11.3 Å². The second-order valence-corrected chi connectivity index (χ2v) is 4.75. The molecule has 1 aromatic heterocycles. The van der Waals surface area contributed by atoms with E-state index in [0.717, 1.165) is 16.2 Å². The van der Waals surface area contributed by atoms with E-state index < -0.39 is 12.6 Å². The lowest BCUT2D eigenvalue weighted by atomic mass is 10.4. The van der Waals surface area contributed by atoms with Crippen LogP contribution >= 0.6 is 11.3 Å². The smallest absolute Gasteiger partial charge is 0.310 e. The number of hydrogen-bond donors (Lipinski definition) is 1. The molecule has 0 aliphatic heterocycles. The van der Waals surface area contributed by atoms with Gasteiger partial charge < -0.3 is 5.32 Å². The number of halogens is 3. The summed E-state index contributed by atoms with van der Waals surface area (Å²) in [7, 11) is 0. The van der Waals surface area contributed by atoms with Crippen molar-refractivity contribution in [1.29, 1.82) is 0 Å². The van der Waals surface area contributed by atoms with Crippen LogP contribution in [0.2, 0.25) is 0 Å². The molecule has 0 fully saturated rings. The average molecular weight is 238 g/mol. The van der Waals surface area contributed by atoms with Crippen molar-refractivity contribution in [3.8, 4) is 0 Å². The van der Waals surface area contributed by atoms with E-state index in [1.54, 1.807) is 0 Å². The minimum absolute atomic E-state index is 0.128. The summed E-state index contributed by atoms with van der Waals surface area (Å²) < 4.78 is 36.0. The molecular formula is C9H13F3N2S. The fourth-order valence-electron chi connectivity index (χ4n) is 0.988. The van der Waals surface area contributed by atoms with Gasteiger partial charge in [0.1, 0.15) is 5.01 Å². The lowest BCUT2D eigenvalue weighted by Gasteiger charge is -2.05. The predicted octanol–water partition coefficient (Wildman–Crippen LogP) is 2.75. The topological polar surface area (TPSA) is 24.9 Å². The molecule has 0 aliphatic rings. The largest absolute Gasteiger partial charge is 0.395 e. The minimum atomic E-state index is -4.17. The van der Waals surface area contributed by atoms with Gasteiger partial charge in [0.25, 0.3) is 0 Å². The third-order valence-corrected chi connectivity index (χ3v) is 2.63. The number of nitrogens with one attached hydrogen (secondary N) is 1. The maximum Gasteiger partial charge on any atom is 0.395 e. The maximum atomic E-state index is 12.0. The SMILES string of the molecule is CC(C)NCc1cnc(CC(F)(F)F)s1. The number of alkyl halides is 3. The molecule has 15 heavy (non-hydrogen) atoms. The van der Waals surface area contributed by atoms with Gasteiger partial charge in [0.2, 0.25) is 0 Å². The molecule has 0 unspecified atom stereocenters. The van der Waals surface area contributed by atoms with Crippen molar-refractivity contribution in [2.75, 3.05) is 0 Å². The number of rotatable bonds is 4. The third-order valence-electron chi connectivity index (χ3n) is 1.64. The highest BCUT2D eigenvalue weighted by Gasteiger charge is 2.29. The van der Waals surface area contributed by atoms with Gasteiger partial charge in [-0.3, -0.25) is 0 Å². The number of hydrogen-bond acceptors (Lipinski definition) is 3. The van der Waals surface area contributed by atoms with Crippen molar-refractivity contribution in [3.63, 3.8) is 0 Å². The van der Waals surface area contributed by atoms with Crippen LogP contribution in [-0.2, 0) is 13.0 Å². The van der Waals surface area contributed by atoms with Crippen LogP contribution in [-0.4, -0.2) is 17.2 Å². The molecule has 2 nitrogen and oxygen atoms in total. The molecule has 0 spiro atoms. The normalized spacial score (nSPS) is 12.4. The van der Waals surface area contributed by atoms with Gasteiger partial charge in [-0.05, 0) is 0 Å². The van der Waals surface area contributed by atoms with Crippen LogP contribution in [0.3, 0.4) is 0 Å². The Labute approximate surface area is 90.5 Å². The van der Waals surface area contributed by atoms with Crippen LogP contribution in [0.4, 0.5) is 13.2 Å². The highest BCUT2D eigenvalue weighted by Crippen LogP contribution is 2.24. The Hall–Kier alpha value is -0.620. The lowest BCUT2D eigenvalue weighted by molar-refractivity contribution is -0.127. The van der Waals surface area contributed by atoms with Gasteiger partial charge in [-0.25, -0.2) is 4.98 Å². The van der Waals surface area contributed by atoms with Gasteiger partial charge in [-0.2, -0.15) is 13.2 Å². The van der Waals surface area contributed by atoms with E-state index in [2.05, 4.69) is 10.3 Å². The van der Waals surface area contributed by atoms with E-state index in [-0.39, 0.29) is 5.01 Å². The molecule has 0 aliphatic carbocycles. The molecule has 1 N–H and O–H groups in total. The summed E-state index contributed by atoms with van der Waals surface area (Å²) >= 11 is 1.11. The quantitative estimate of drug-likeness (QED) is 0.872. The van der Waals surface area contributed by atoms with E-state index in [1.165, 1.54) is 6.20 Å². The molecule has 0 bridgehead atoms. The molecule has 0 saturated heterocycles. The molecule has 86 valence electrons. The first-order chi connectivity index (χ1) is 6.87. The highest BCUT2D eigenvalue weighted by molar-refractivity contribution is 7.11. The Morgan fingerprint density at radius 2 is 2.13 bits per heavy atom. The Kier molecular flexibility index (Phi) is 4.10. The van der Waals surface area contributed by atoms with Crippen LogP contribution < -0.4 is 5.32 Å². The van der Waals surface area contributed by atoms with Crippen LogP contribution in [0, 0.1) is 0 Å². The average Bonchev–Trinajstić information content (AvgIpc) is 2.45. The zero-order chi connectivity index (χ0) is 11.5. The second kappa shape index (κ2) is 4.94. The summed E-state index contributed by atoms with van der Waals surface area (Å²) in [6, 6.07) is 0.318. The molecule has 1 aromatic rings. The second-order valence-electron chi connectivity index (χ2n) is 3.55. The fraction of sp³-hybridized carbons (Fsp3) is 0.667. The lowest BCUT2D eigenvalue weighted by Crippen LogP contribution is -2.21. The monoisotopic (exact) mass is 238 g/mol. The molecule has 0 atom stereocenters. The van der Waals surface area contributed by atoms with Crippen LogP contribution in [0.25, 0.3) is 0 Å². The van der Waals surface area contributed by atoms with Gasteiger partial charge >= 0.3 is 6.18 Å². The summed E-state index contributed by atoms with van der Waals surface area (Å²) in [6.07, 6.45) is -3.60. The van der Waals surface area contributed by atoms with Crippen molar-refractivity contribution < 1.29 is 13.2 Å². The van der Waals surface area contributed by atoms with E-state index in [4.69, 9.17) is 0 Å². The van der Waals surface area contributed by atoms with E-state index in [9.17, 15) is 13.2 Å². The predicted molar refractivity (Wildman–Crippen MR) is 53.8 cm³/mol.